The Morgan fingerprint density at radius 2 is 1.11 bits per heavy atom. The number of esters is 1. The summed E-state index contributed by atoms with van der Waals surface area (Å²) in [5.41, 5.74) is -2.42. The molecule has 0 aliphatic carbocycles. The fourth-order valence-corrected chi connectivity index (χ4v) is 2.07. The molecule has 0 aromatic carbocycles. The lowest BCUT2D eigenvalue weighted by Crippen LogP contribution is -2.53. The first-order valence-corrected chi connectivity index (χ1v) is 9.45. The average molecular weight is 388 g/mol. The van der Waals surface area contributed by atoms with Crippen molar-refractivity contribution in [3.8, 4) is 0 Å². The predicted molar refractivity (Wildman–Crippen MR) is 103 cm³/mol. The lowest BCUT2D eigenvalue weighted by Gasteiger charge is -2.33. The Kier molecular flexibility index (Phi) is 8.79. The molecule has 0 aromatic rings. The van der Waals surface area contributed by atoms with E-state index < -0.39 is 41.0 Å². The van der Waals surface area contributed by atoms with Crippen molar-refractivity contribution >= 4 is 18.2 Å². The third kappa shape index (κ3) is 10.8. The minimum atomic E-state index is -1.12. The van der Waals surface area contributed by atoms with Crippen LogP contribution in [0.3, 0.4) is 0 Å². The SMILES string of the molecule is CCCC[C@@H](C(=O)OC(C)(C)C)N(C(=O)OC(C)(C)C)C(=O)OC(C)(C)C. The van der Waals surface area contributed by atoms with E-state index in [1.807, 2.05) is 6.92 Å². The van der Waals surface area contributed by atoms with Crippen LogP contribution in [0.15, 0.2) is 0 Å². The predicted octanol–water partition coefficient (Wildman–Crippen LogP) is 5.06. The van der Waals surface area contributed by atoms with E-state index in [0.29, 0.717) is 6.42 Å². The molecule has 0 radical (unpaired) electrons. The molecule has 27 heavy (non-hydrogen) atoms. The van der Waals surface area contributed by atoms with Gasteiger partial charge in [-0.1, -0.05) is 19.8 Å². The molecule has 7 nitrogen and oxygen atoms in total. The van der Waals surface area contributed by atoms with Gasteiger partial charge in [-0.05, 0) is 68.7 Å². The summed E-state index contributed by atoms with van der Waals surface area (Å²) >= 11 is 0. The molecule has 1 atom stereocenters. The van der Waals surface area contributed by atoms with Crippen LogP contribution in [0.5, 0.6) is 0 Å². The van der Waals surface area contributed by atoms with Crippen LogP contribution < -0.4 is 0 Å². The van der Waals surface area contributed by atoms with Gasteiger partial charge >= 0.3 is 18.2 Å². The first-order valence-electron chi connectivity index (χ1n) is 9.45. The quantitative estimate of drug-likeness (QED) is 0.484. The Bertz CT molecular complexity index is 494. The van der Waals surface area contributed by atoms with Crippen molar-refractivity contribution in [1.82, 2.24) is 4.90 Å². The zero-order chi connectivity index (χ0) is 21.6. The first-order chi connectivity index (χ1) is 12.0. The molecule has 0 saturated heterocycles. The Hall–Kier alpha value is -1.79. The zero-order valence-electron chi connectivity index (χ0n) is 18.6. The van der Waals surface area contributed by atoms with E-state index >= 15 is 0 Å². The molecule has 0 aliphatic heterocycles. The summed E-state index contributed by atoms with van der Waals surface area (Å²) in [7, 11) is 0. The second-order valence-electron chi connectivity index (χ2n) is 9.52. The highest BCUT2D eigenvalue weighted by Gasteiger charge is 2.41. The van der Waals surface area contributed by atoms with Gasteiger partial charge in [-0.25, -0.2) is 14.4 Å². The number of amides is 2. The fraction of sp³-hybridized carbons (Fsp3) is 0.850. The smallest absolute Gasteiger partial charge is 0.420 e. The van der Waals surface area contributed by atoms with Crippen LogP contribution in [0.1, 0.15) is 88.5 Å². The number of nitrogens with zero attached hydrogens (tertiary/aromatic N) is 1. The molecule has 0 spiro atoms. The number of hydrogen-bond acceptors (Lipinski definition) is 6. The van der Waals surface area contributed by atoms with E-state index in [1.165, 1.54) is 0 Å². The Balaban J connectivity index is 5.90. The van der Waals surface area contributed by atoms with Crippen molar-refractivity contribution in [1.29, 1.82) is 0 Å². The molecule has 0 fully saturated rings. The number of rotatable bonds is 5. The molecule has 158 valence electrons. The second kappa shape index (κ2) is 9.42. The molecule has 0 saturated carbocycles. The van der Waals surface area contributed by atoms with Gasteiger partial charge in [0.25, 0.3) is 0 Å². The number of carbonyl (C=O) groups is 3. The Morgan fingerprint density at radius 3 is 1.41 bits per heavy atom. The minimum absolute atomic E-state index is 0.268. The summed E-state index contributed by atoms with van der Waals surface area (Å²) in [6.07, 6.45) is -0.168. The highest BCUT2D eigenvalue weighted by Crippen LogP contribution is 2.22. The van der Waals surface area contributed by atoms with Crippen LogP contribution in [-0.4, -0.2) is 45.9 Å². The van der Waals surface area contributed by atoms with E-state index in [2.05, 4.69) is 0 Å². The Morgan fingerprint density at radius 1 is 0.741 bits per heavy atom. The normalized spacial score (nSPS) is 13.6. The molecule has 2 amide bonds. The summed E-state index contributed by atoms with van der Waals surface area (Å²) < 4.78 is 16.2. The van der Waals surface area contributed by atoms with Gasteiger partial charge in [0.1, 0.15) is 22.8 Å². The molecular formula is C20H37NO6. The van der Waals surface area contributed by atoms with Gasteiger partial charge in [-0.2, -0.15) is 4.90 Å². The van der Waals surface area contributed by atoms with Crippen molar-refractivity contribution in [2.75, 3.05) is 0 Å². The summed E-state index contributed by atoms with van der Waals surface area (Å²) in [5, 5.41) is 0. The maximum absolute atomic E-state index is 12.8. The topological polar surface area (TPSA) is 82.1 Å². The molecule has 0 aromatic heterocycles. The van der Waals surface area contributed by atoms with E-state index in [9.17, 15) is 14.4 Å². The highest BCUT2D eigenvalue weighted by atomic mass is 16.6. The van der Waals surface area contributed by atoms with E-state index in [4.69, 9.17) is 14.2 Å². The lowest BCUT2D eigenvalue weighted by molar-refractivity contribution is -0.161. The van der Waals surface area contributed by atoms with Gasteiger partial charge in [-0.15, -0.1) is 0 Å². The van der Waals surface area contributed by atoms with Crippen molar-refractivity contribution in [2.45, 2.75) is 111 Å². The van der Waals surface area contributed by atoms with E-state index in [1.54, 1.807) is 62.3 Å². The lowest BCUT2D eigenvalue weighted by atomic mass is 10.1. The standard InChI is InChI=1S/C20H37NO6/c1-11-12-13-14(15(22)25-18(2,3)4)21(16(23)26-19(5,6)7)17(24)27-20(8,9)10/h14H,11-13H2,1-10H3/t14-/m0/s1. The van der Waals surface area contributed by atoms with E-state index in [-0.39, 0.29) is 6.42 Å². The van der Waals surface area contributed by atoms with Crippen LogP contribution in [0, 0.1) is 0 Å². The number of imide groups is 1. The summed E-state index contributed by atoms with van der Waals surface area (Å²) in [4.78, 5) is 39.0. The van der Waals surface area contributed by atoms with Gasteiger partial charge in [0, 0.05) is 0 Å². The minimum Gasteiger partial charge on any atom is -0.458 e. The number of hydrogen-bond donors (Lipinski definition) is 0. The van der Waals surface area contributed by atoms with Gasteiger partial charge in [0.2, 0.25) is 0 Å². The molecular weight excluding hydrogens is 350 g/mol. The maximum Gasteiger partial charge on any atom is 0.420 e. The monoisotopic (exact) mass is 387 g/mol. The van der Waals surface area contributed by atoms with E-state index in [0.717, 1.165) is 11.3 Å². The highest BCUT2D eigenvalue weighted by molar-refractivity contribution is 5.94. The zero-order valence-corrected chi connectivity index (χ0v) is 18.6. The molecule has 0 N–H and O–H groups in total. The van der Waals surface area contributed by atoms with Crippen molar-refractivity contribution in [3.05, 3.63) is 0 Å². The van der Waals surface area contributed by atoms with Gasteiger partial charge in [-0.3, -0.25) is 0 Å². The third-order valence-electron chi connectivity index (χ3n) is 3.00. The van der Waals surface area contributed by atoms with Crippen molar-refractivity contribution in [2.24, 2.45) is 0 Å². The average Bonchev–Trinajstić information content (AvgIpc) is 2.36. The molecule has 0 aliphatic rings. The summed E-state index contributed by atoms with van der Waals surface area (Å²) in [6, 6.07) is -1.12. The number of unbranched alkanes of at least 4 members (excludes halogenated alkanes) is 1. The van der Waals surface area contributed by atoms with Gasteiger partial charge in [0.15, 0.2) is 0 Å². The molecule has 0 heterocycles. The van der Waals surface area contributed by atoms with Gasteiger partial charge in [0.05, 0.1) is 0 Å². The van der Waals surface area contributed by atoms with Crippen molar-refractivity contribution < 1.29 is 28.6 Å². The molecule has 7 heteroatoms. The third-order valence-corrected chi connectivity index (χ3v) is 3.00. The van der Waals surface area contributed by atoms with Crippen LogP contribution in [0.2, 0.25) is 0 Å². The molecule has 0 bridgehead atoms. The van der Waals surface area contributed by atoms with Crippen LogP contribution in [0.4, 0.5) is 9.59 Å². The number of ether oxygens (including phenoxy) is 3. The summed E-state index contributed by atoms with van der Waals surface area (Å²) in [5.74, 6) is -0.660. The maximum atomic E-state index is 12.8. The number of carbonyl (C=O) groups excluding carboxylic acids is 3. The molecule has 0 rings (SSSR count). The van der Waals surface area contributed by atoms with Crippen LogP contribution in [0.25, 0.3) is 0 Å². The van der Waals surface area contributed by atoms with Crippen molar-refractivity contribution in [3.63, 3.8) is 0 Å². The molecule has 0 unspecified atom stereocenters. The Labute approximate surface area is 163 Å². The first kappa shape index (κ1) is 25.2. The largest absolute Gasteiger partial charge is 0.458 e. The summed E-state index contributed by atoms with van der Waals surface area (Å²) in [6.45, 7) is 17.3. The second-order valence-corrected chi connectivity index (χ2v) is 9.52. The van der Waals surface area contributed by atoms with Crippen LogP contribution >= 0.6 is 0 Å². The van der Waals surface area contributed by atoms with Gasteiger partial charge < -0.3 is 14.2 Å². The van der Waals surface area contributed by atoms with Crippen LogP contribution in [-0.2, 0) is 19.0 Å². The fourth-order valence-electron chi connectivity index (χ4n) is 2.07.